The van der Waals surface area contributed by atoms with Crippen LogP contribution in [0.2, 0.25) is 0 Å². The number of nitrogens with zero attached hydrogens (tertiary/aromatic N) is 2. The van der Waals surface area contributed by atoms with Crippen molar-refractivity contribution < 1.29 is 13.9 Å². The first kappa shape index (κ1) is 16.9. The molecule has 0 radical (unpaired) electrons. The van der Waals surface area contributed by atoms with E-state index in [1.54, 1.807) is 7.05 Å². The number of amides is 1. The van der Waals surface area contributed by atoms with Crippen LogP contribution >= 0.6 is 0 Å². The fourth-order valence-corrected chi connectivity index (χ4v) is 1.98. The van der Waals surface area contributed by atoms with Gasteiger partial charge in [0.25, 0.3) is 5.91 Å². The van der Waals surface area contributed by atoms with Crippen LogP contribution in [0.1, 0.15) is 21.9 Å². The largest absolute Gasteiger partial charge is 0.494 e. The fourth-order valence-electron chi connectivity index (χ4n) is 1.98. The Labute approximate surface area is 138 Å². The smallest absolute Gasteiger partial charge is 0.272 e. The first-order chi connectivity index (χ1) is 11.5. The number of imidazole rings is 1. The normalized spacial score (nSPS) is 9.58. The summed E-state index contributed by atoms with van der Waals surface area (Å²) in [5, 5.41) is 2.52. The summed E-state index contributed by atoms with van der Waals surface area (Å²) in [4.78, 5) is 16.1. The van der Waals surface area contributed by atoms with E-state index in [0.29, 0.717) is 11.4 Å². The predicted octanol–water partition coefficient (Wildman–Crippen LogP) is 0.913. The van der Waals surface area contributed by atoms with Crippen molar-refractivity contribution in [3.8, 4) is 29.9 Å². The lowest BCUT2D eigenvalue weighted by Gasteiger charge is -2.03. The summed E-state index contributed by atoms with van der Waals surface area (Å²) in [6, 6.07) is 4.24. The maximum atomic E-state index is 13.4. The van der Waals surface area contributed by atoms with Gasteiger partial charge in [-0.15, -0.1) is 6.42 Å². The molecule has 7 heteroatoms. The Kier molecular flexibility index (Phi) is 5.08. The molecule has 0 saturated heterocycles. The second kappa shape index (κ2) is 7.21. The third-order valence-corrected chi connectivity index (χ3v) is 3.16. The molecule has 6 nitrogen and oxygen atoms in total. The Hall–Kier alpha value is -3.45. The van der Waals surface area contributed by atoms with Gasteiger partial charge in [-0.3, -0.25) is 4.79 Å². The van der Waals surface area contributed by atoms with Crippen molar-refractivity contribution in [2.24, 2.45) is 7.05 Å². The number of hydrogen-bond donors (Lipinski definition) is 2. The molecule has 1 amide bonds. The number of halogens is 1. The minimum atomic E-state index is -0.475. The standard InChI is InChI=1S/C17H15FN4O2/c1-4-9-20-17(23)15-16(19)21-14(22(15)2)8-6-11-5-7-12(18)13(10-11)24-3/h1,5,7,10H,9,19H2,2-3H3,(H,20,23). The lowest BCUT2D eigenvalue weighted by molar-refractivity contribution is 0.0951. The molecule has 1 aromatic carbocycles. The zero-order chi connectivity index (χ0) is 17.7. The second-order valence-corrected chi connectivity index (χ2v) is 4.71. The zero-order valence-electron chi connectivity index (χ0n) is 13.2. The van der Waals surface area contributed by atoms with Gasteiger partial charge in [0, 0.05) is 12.6 Å². The van der Waals surface area contributed by atoms with E-state index >= 15 is 0 Å². The van der Waals surface area contributed by atoms with Gasteiger partial charge in [-0.1, -0.05) is 11.8 Å². The SMILES string of the molecule is C#CCNC(=O)c1c(N)nc(C#Cc2ccc(F)c(OC)c2)n1C. The van der Waals surface area contributed by atoms with Crippen LogP contribution in [0.4, 0.5) is 10.2 Å². The third kappa shape index (κ3) is 3.47. The number of nitrogens with one attached hydrogen (secondary N) is 1. The second-order valence-electron chi connectivity index (χ2n) is 4.71. The molecule has 0 atom stereocenters. The number of nitrogen functional groups attached to an aromatic ring is 1. The molecule has 0 unspecified atom stereocenters. The van der Waals surface area contributed by atoms with Crippen LogP contribution in [0.25, 0.3) is 0 Å². The Morgan fingerprint density at radius 3 is 2.92 bits per heavy atom. The van der Waals surface area contributed by atoms with Crippen molar-refractivity contribution in [1.82, 2.24) is 14.9 Å². The zero-order valence-corrected chi connectivity index (χ0v) is 13.2. The van der Waals surface area contributed by atoms with Crippen LogP contribution < -0.4 is 15.8 Å². The van der Waals surface area contributed by atoms with Gasteiger partial charge in [0.05, 0.1) is 13.7 Å². The molecule has 2 rings (SSSR count). The average molecular weight is 326 g/mol. The molecule has 0 bridgehead atoms. The quantitative estimate of drug-likeness (QED) is 0.822. The van der Waals surface area contributed by atoms with E-state index in [1.165, 1.54) is 29.9 Å². The summed E-state index contributed by atoms with van der Waals surface area (Å²) in [7, 11) is 2.99. The highest BCUT2D eigenvalue weighted by atomic mass is 19.1. The monoisotopic (exact) mass is 326 g/mol. The van der Waals surface area contributed by atoms with E-state index in [9.17, 15) is 9.18 Å². The lowest BCUT2D eigenvalue weighted by Crippen LogP contribution is -2.26. The highest BCUT2D eigenvalue weighted by Crippen LogP contribution is 2.18. The van der Waals surface area contributed by atoms with Crippen LogP contribution in [0.3, 0.4) is 0 Å². The van der Waals surface area contributed by atoms with E-state index in [0.717, 1.165) is 0 Å². The number of carbonyl (C=O) groups excluding carboxylic acids is 1. The summed E-state index contributed by atoms with van der Waals surface area (Å²) < 4.78 is 19.7. The van der Waals surface area contributed by atoms with Crippen LogP contribution in [0, 0.1) is 30.0 Å². The van der Waals surface area contributed by atoms with Gasteiger partial charge in [-0.25, -0.2) is 9.37 Å². The molecule has 0 fully saturated rings. The number of nitrogens with two attached hydrogens (primary N) is 1. The number of aromatic nitrogens is 2. The van der Waals surface area contributed by atoms with E-state index < -0.39 is 11.7 Å². The Balaban J connectivity index is 2.33. The highest BCUT2D eigenvalue weighted by Gasteiger charge is 2.17. The minimum absolute atomic E-state index is 0.0491. The van der Waals surface area contributed by atoms with Crippen LogP contribution in [-0.4, -0.2) is 29.1 Å². The summed E-state index contributed by atoms with van der Waals surface area (Å²) in [5.74, 6) is 7.45. The number of benzene rings is 1. The number of ether oxygens (including phenoxy) is 1. The first-order valence-corrected chi connectivity index (χ1v) is 6.87. The van der Waals surface area contributed by atoms with Crippen molar-refractivity contribution in [3.63, 3.8) is 0 Å². The molecule has 0 aliphatic rings. The molecular formula is C17H15FN4O2. The van der Waals surface area contributed by atoms with Crippen LogP contribution in [0.5, 0.6) is 5.75 Å². The van der Waals surface area contributed by atoms with Gasteiger partial charge < -0.3 is 20.4 Å². The molecule has 122 valence electrons. The van der Waals surface area contributed by atoms with E-state index in [4.69, 9.17) is 16.9 Å². The average Bonchev–Trinajstić information content (AvgIpc) is 2.85. The van der Waals surface area contributed by atoms with Crippen molar-refractivity contribution in [2.75, 3.05) is 19.4 Å². The number of methoxy groups -OCH3 is 1. The summed E-state index contributed by atoms with van der Waals surface area (Å²) in [6.07, 6.45) is 5.10. The van der Waals surface area contributed by atoms with Crippen molar-refractivity contribution in [1.29, 1.82) is 0 Å². The maximum absolute atomic E-state index is 13.4. The van der Waals surface area contributed by atoms with E-state index in [1.807, 2.05) is 0 Å². The van der Waals surface area contributed by atoms with E-state index in [2.05, 4.69) is 28.1 Å². The molecule has 0 aliphatic carbocycles. The van der Waals surface area contributed by atoms with Crippen LogP contribution in [-0.2, 0) is 7.05 Å². The number of carbonyl (C=O) groups is 1. The fraction of sp³-hybridized carbons (Fsp3) is 0.176. The first-order valence-electron chi connectivity index (χ1n) is 6.87. The van der Waals surface area contributed by atoms with Gasteiger partial charge in [0.15, 0.2) is 28.9 Å². The van der Waals surface area contributed by atoms with E-state index in [-0.39, 0.29) is 23.8 Å². The van der Waals surface area contributed by atoms with Crippen LogP contribution in [0.15, 0.2) is 18.2 Å². The minimum Gasteiger partial charge on any atom is -0.494 e. The van der Waals surface area contributed by atoms with Crippen molar-refractivity contribution in [2.45, 2.75) is 0 Å². The molecule has 1 aromatic heterocycles. The molecule has 0 saturated carbocycles. The predicted molar refractivity (Wildman–Crippen MR) is 87.7 cm³/mol. The number of terminal acetylenes is 1. The van der Waals surface area contributed by atoms with Gasteiger partial charge in [0.2, 0.25) is 0 Å². The van der Waals surface area contributed by atoms with Crippen molar-refractivity contribution >= 4 is 11.7 Å². The Bertz CT molecular complexity index is 884. The van der Waals surface area contributed by atoms with Gasteiger partial charge >= 0.3 is 0 Å². The Morgan fingerprint density at radius 1 is 1.50 bits per heavy atom. The van der Waals surface area contributed by atoms with Gasteiger partial charge in [-0.05, 0) is 24.1 Å². The number of rotatable bonds is 3. The molecule has 24 heavy (non-hydrogen) atoms. The third-order valence-electron chi connectivity index (χ3n) is 3.16. The van der Waals surface area contributed by atoms with Gasteiger partial charge in [-0.2, -0.15) is 0 Å². The number of anilines is 1. The molecule has 0 spiro atoms. The Morgan fingerprint density at radius 2 is 2.25 bits per heavy atom. The number of hydrogen-bond acceptors (Lipinski definition) is 4. The maximum Gasteiger partial charge on any atom is 0.272 e. The highest BCUT2D eigenvalue weighted by molar-refractivity contribution is 5.97. The van der Waals surface area contributed by atoms with Crippen molar-refractivity contribution in [3.05, 3.63) is 41.1 Å². The molecule has 3 N–H and O–H groups in total. The summed E-state index contributed by atoms with van der Waals surface area (Å²) in [6.45, 7) is 0.0832. The topological polar surface area (TPSA) is 82.2 Å². The molecule has 1 heterocycles. The summed E-state index contributed by atoms with van der Waals surface area (Å²) >= 11 is 0. The summed E-state index contributed by atoms with van der Waals surface area (Å²) in [5.41, 5.74) is 6.48. The molecular weight excluding hydrogens is 311 g/mol. The molecule has 0 aliphatic heterocycles. The molecule has 2 aromatic rings. The van der Waals surface area contributed by atoms with Gasteiger partial charge in [0.1, 0.15) is 0 Å². The lowest BCUT2D eigenvalue weighted by atomic mass is 10.2.